The van der Waals surface area contributed by atoms with Crippen molar-refractivity contribution < 1.29 is 9.59 Å². The summed E-state index contributed by atoms with van der Waals surface area (Å²) in [6.45, 7) is 8.37. The molecule has 0 fully saturated rings. The number of benzene rings is 3. The minimum Gasteiger partial charge on any atom is -0.343 e. The van der Waals surface area contributed by atoms with Crippen LogP contribution in [0.15, 0.2) is 72.9 Å². The minimum atomic E-state index is -0.340. The summed E-state index contributed by atoms with van der Waals surface area (Å²) in [6, 6.07) is 21.9. The maximum Gasteiger partial charge on any atom is 0.255 e. The smallest absolute Gasteiger partial charge is 0.255 e. The number of aromatic nitrogens is 2. The second-order valence-electron chi connectivity index (χ2n) is 8.95. The molecule has 0 saturated heterocycles. The predicted molar refractivity (Wildman–Crippen MR) is 140 cm³/mol. The Balaban J connectivity index is 1.52. The minimum absolute atomic E-state index is 0.136. The quantitative estimate of drug-likeness (QED) is 0.393. The lowest BCUT2D eigenvalue weighted by Crippen LogP contribution is -2.33. The molecule has 0 aliphatic carbocycles. The molecule has 0 aliphatic rings. The third kappa shape index (κ3) is 5.84. The van der Waals surface area contributed by atoms with Crippen LogP contribution in [0.2, 0.25) is 0 Å². The molecule has 1 aromatic heterocycles. The summed E-state index contributed by atoms with van der Waals surface area (Å²) in [5.74, 6) is -0.616. The van der Waals surface area contributed by atoms with Crippen molar-refractivity contribution in [3.63, 3.8) is 0 Å². The Hall–Kier alpha value is -4.19. The van der Waals surface area contributed by atoms with E-state index in [2.05, 4.69) is 10.6 Å². The first kappa shape index (κ1) is 24.0. The van der Waals surface area contributed by atoms with E-state index in [4.69, 9.17) is 5.10 Å². The van der Waals surface area contributed by atoms with E-state index in [0.717, 1.165) is 39.1 Å². The second kappa shape index (κ2) is 10.4. The first-order valence-electron chi connectivity index (χ1n) is 11.6. The van der Waals surface area contributed by atoms with Crippen LogP contribution in [-0.4, -0.2) is 28.1 Å². The number of hydrogen-bond acceptors (Lipinski definition) is 3. The van der Waals surface area contributed by atoms with Crippen molar-refractivity contribution in [3.8, 4) is 11.3 Å². The molecule has 6 heteroatoms. The summed E-state index contributed by atoms with van der Waals surface area (Å²) in [5, 5.41) is 10.4. The van der Waals surface area contributed by atoms with Gasteiger partial charge in [0.15, 0.2) is 0 Å². The number of amides is 2. The van der Waals surface area contributed by atoms with Gasteiger partial charge in [-0.15, -0.1) is 0 Å². The molecule has 2 amide bonds. The van der Waals surface area contributed by atoms with Crippen molar-refractivity contribution in [2.75, 3.05) is 11.9 Å². The number of carbonyl (C=O) groups excluding carboxylic acids is 2. The van der Waals surface area contributed by atoms with Crippen molar-refractivity contribution in [2.24, 2.45) is 0 Å². The molecule has 3 aromatic carbocycles. The van der Waals surface area contributed by atoms with Crippen molar-refractivity contribution >= 4 is 17.5 Å². The van der Waals surface area contributed by atoms with Crippen LogP contribution in [0.25, 0.3) is 11.3 Å². The van der Waals surface area contributed by atoms with Gasteiger partial charge in [0.05, 0.1) is 18.7 Å². The molecular formula is C29H30N4O2. The van der Waals surface area contributed by atoms with E-state index >= 15 is 0 Å². The molecule has 178 valence electrons. The molecule has 4 aromatic rings. The Morgan fingerprint density at radius 2 is 1.51 bits per heavy atom. The molecule has 0 atom stereocenters. The van der Waals surface area contributed by atoms with E-state index in [1.165, 1.54) is 0 Å². The highest BCUT2D eigenvalue weighted by Crippen LogP contribution is 2.24. The molecule has 35 heavy (non-hydrogen) atoms. The molecule has 0 spiro atoms. The maximum atomic E-state index is 13.2. The highest BCUT2D eigenvalue weighted by molar-refractivity contribution is 6.03. The molecule has 1 heterocycles. The summed E-state index contributed by atoms with van der Waals surface area (Å²) in [6.07, 6.45) is 1.74. The zero-order chi connectivity index (χ0) is 24.9. The van der Waals surface area contributed by atoms with Crippen molar-refractivity contribution in [1.82, 2.24) is 15.1 Å². The number of nitrogens with zero attached hydrogens (tertiary/aromatic N) is 2. The monoisotopic (exact) mass is 466 g/mol. The lowest BCUT2D eigenvalue weighted by molar-refractivity contribution is -0.115. The third-order valence-corrected chi connectivity index (χ3v) is 5.87. The van der Waals surface area contributed by atoms with Crippen LogP contribution in [0, 0.1) is 27.7 Å². The van der Waals surface area contributed by atoms with E-state index in [9.17, 15) is 9.59 Å². The fraction of sp³-hybridized carbons (Fsp3) is 0.207. The largest absolute Gasteiger partial charge is 0.343 e. The van der Waals surface area contributed by atoms with E-state index in [1.54, 1.807) is 10.9 Å². The van der Waals surface area contributed by atoms with Gasteiger partial charge in [0, 0.05) is 17.4 Å². The second-order valence-corrected chi connectivity index (χ2v) is 8.95. The molecule has 4 rings (SSSR count). The Morgan fingerprint density at radius 3 is 2.17 bits per heavy atom. The van der Waals surface area contributed by atoms with Crippen LogP contribution in [0.1, 0.15) is 38.2 Å². The van der Waals surface area contributed by atoms with Gasteiger partial charge in [-0.05, 0) is 44.4 Å². The highest BCUT2D eigenvalue weighted by atomic mass is 16.2. The Labute approximate surface area is 206 Å². The molecule has 0 unspecified atom stereocenters. The van der Waals surface area contributed by atoms with Gasteiger partial charge < -0.3 is 10.6 Å². The van der Waals surface area contributed by atoms with E-state index < -0.39 is 0 Å². The van der Waals surface area contributed by atoms with Gasteiger partial charge in [-0.3, -0.25) is 14.3 Å². The fourth-order valence-corrected chi connectivity index (χ4v) is 4.18. The number of hydrogen-bond donors (Lipinski definition) is 2. The number of aryl methyl sites for hydroxylation is 4. The van der Waals surface area contributed by atoms with Gasteiger partial charge in [0.1, 0.15) is 5.69 Å². The average molecular weight is 467 g/mol. The Bertz CT molecular complexity index is 1330. The first-order chi connectivity index (χ1) is 16.8. The summed E-state index contributed by atoms with van der Waals surface area (Å²) in [5.41, 5.74) is 7.99. The summed E-state index contributed by atoms with van der Waals surface area (Å²) < 4.78 is 1.76. The van der Waals surface area contributed by atoms with Gasteiger partial charge in [-0.2, -0.15) is 5.10 Å². The lowest BCUT2D eigenvalue weighted by atomic mass is 10.1. The standard InChI is InChI=1S/C29H30N4O2/c1-19-10-12-24(13-11-19)28-25(18-33(32-28)17-23-8-6-5-7-9-23)29(35)30-16-26(34)31-27-21(3)14-20(2)15-22(27)4/h5-15,18H,16-17H2,1-4H3,(H,30,35)(H,31,34). The van der Waals surface area contributed by atoms with Crippen LogP contribution < -0.4 is 10.6 Å². The fourth-order valence-electron chi connectivity index (χ4n) is 4.18. The number of nitrogens with one attached hydrogen (secondary N) is 2. The summed E-state index contributed by atoms with van der Waals surface area (Å²) >= 11 is 0. The molecule has 0 radical (unpaired) electrons. The van der Waals surface area contributed by atoms with Crippen LogP contribution in [-0.2, 0) is 11.3 Å². The van der Waals surface area contributed by atoms with Gasteiger partial charge >= 0.3 is 0 Å². The zero-order valence-electron chi connectivity index (χ0n) is 20.6. The molecule has 0 aliphatic heterocycles. The number of anilines is 1. The summed E-state index contributed by atoms with van der Waals surface area (Å²) in [7, 11) is 0. The topological polar surface area (TPSA) is 76.0 Å². The van der Waals surface area contributed by atoms with Crippen LogP contribution in [0.4, 0.5) is 5.69 Å². The molecule has 6 nitrogen and oxygen atoms in total. The van der Waals surface area contributed by atoms with Gasteiger partial charge in [-0.1, -0.05) is 77.9 Å². The number of carbonyl (C=O) groups is 2. The van der Waals surface area contributed by atoms with Gasteiger partial charge in [0.25, 0.3) is 5.91 Å². The van der Waals surface area contributed by atoms with Gasteiger partial charge in [-0.25, -0.2) is 0 Å². The van der Waals surface area contributed by atoms with E-state index in [0.29, 0.717) is 17.8 Å². The van der Waals surface area contributed by atoms with Crippen molar-refractivity contribution in [2.45, 2.75) is 34.2 Å². The zero-order valence-corrected chi connectivity index (χ0v) is 20.6. The van der Waals surface area contributed by atoms with Crippen LogP contribution in [0.5, 0.6) is 0 Å². The van der Waals surface area contributed by atoms with Crippen LogP contribution >= 0.6 is 0 Å². The van der Waals surface area contributed by atoms with E-state index in [1.807, 2.05) is 94.4 Å². The number of rotatable bonds is 7. The SMILES string of the molecule is Cc1ccc(-c2nn(Cc3ccccc3)cc2C(=O)NCC(=O)Nc2c(C)cc(C)cc2C)cc1. The normalized spacial score (nSPS) is 10.7. The predicted octanol–water partition coefficient (Wildman–Crippen LogP) is 5.20. The molecule has 2 N–H and O–H groups in total. The van der Waals surface area contributed by atoms with Gasteiger partial charge in [0.2, 0.25) is 5.91 Å². The maximum absolute atomic E-state index is 13.2. The Morgan fingerprint density at radius 1 is 0.857 bits per heavy atom. The van der Waals surface area contributed by atoms with E-state index in [-0.39, 0.29) is 18.4 Å². The van der Waals surface area contributed by atoms with Crippen LogP contribution in [0.3, 0.4) is 0 Å². The van der Waals surface area contributed by atoms with Crippen molar-refractivity contribution in [3.05, 3.63) is 106 Å². The average Bonchev–Trinajstić information content (AvgIpc) is 3.24. The van der Waals surface area contributed by atoms with Crippen molar-refractivity contribution in [1.29, 1.82) is 0 Å². The molecular weight excluding hydrogens is 436 g/mol. The lowest BCUT2D eigenvalue weighted by Gasteiger charge is -2.13. The molecule has 0 bridgehead atoms. The highest BCUT2D eigenvalue weighted by Gasteiger charge is 2.19. The first-order valence-corrected chi connectivity index (χ1v) is 11.6. The Kier molecular flexibility index (Phi) is 7.11. The third-order valence-electron chi connectivity index (χ3n) is 5.87. The summed E-state index contributed by atoms with van der Waals surface area (Å²) in [4.78, 5) is 25.8. The molecule has 0 saturated carbocycles.